The lowest BCUT2D eigenvalue weighted by atomic mass is 9.94. The predicted octanol–water partition coefficient (Wildman–Crippen LogP) is -0.00960. The molecule has 1 aliphatic rings. The summed E-state index contributed by atoms with van der Waals surface area (Å²) in [4.78, 5) is 0. The quantitative estimate of drug-likeness (QED) is 0.540. The Hall–Kier alpha value is -0.795. The molecule has 2 rings (SSSR count). The molecule has 2 nitrogen and oxygen atoms in total. The van der Waals surface area contributed by atoms with Crippen molar-refractivity contribution in [3.63, 3.8) is 0 Å². The van der Waals surface area contributed by atoms with Crippen LogP contribution in [0.15, 0.2) is 24.3 Å². The molecule has 0 aromatic heterocycles. The molecule has 3 heteroatoms. The molecule has 1 fully saturated rings. The first-order chi connectivity index (χ1) is 5.86. The highest BCUT2D eigenvalue weighted by Crippen LogP contribution is 2.21. The van der Waals surface area contributed by atoms with Gasteiger partial charge in [-0.25, -0.2) is 0 Å². The van der Waals surface area contributed by atoms with Crippen molar-refractivity contribution >= 4 is 13.3 Å². The Morgan fingerprint density at radius 3 is 2.67 bits per heavy atom. The van der Waals surface area contributed by atoms with Gasteiger partial charge in [0.2, 0.25) is 0 Å². The first-order valence-electron chi connectivity index (χ1n) is 4.16. The normalized spacial score (nSPS) is 18.3. The van der Waals surface area contributed by atoms with E-state index < -0.39 is 0 Å². The van der Waals surface area contributed by atoms with Gasteiger partial charge in [0.05, 0.1) is 13.2 Å². The maximum absolute atomic E-state index is 5.37. The summed E-state index contributed by atoms with van der Waals surface area (Å²) in [6.07, 6.45) is -0.134. The van der Waals surface area contributed by atoms with Crippen LogP contribution in [0.25, 0.3) is 0 Å². The van der Waals surface area contributed by atoms with Crippen LogP contribution in [0.5, 0.6) is 0 Å². The Bertz CT molecular complexity index is 269. The summed E-state index contributed by atoms with van der Waals surface area (Å²) in [6.45, 7) is 1.41. The minimum Gasteiger partial charge on any atom is -0.346 e. The van der Waals surface area contributed by atoms with Gasteiger partial charge in [0.1, 0.15) is 7.85 Å². The lowest BCUT2D eigenvalue weighted by Crippen LogP contribution is -2.06. The smallest absolute Gasteiger partial charge is 0.184 e. The molecule has 62 valence electrons. The monoisotopic (exact) mass is 162 g/mol. The molecule has 0 spiro atoms. The zero-order chi connectivity index (χ0) is 8.39. The van der Waals surface area contributed by atoms with Gasteiger partial charge in [0.25, 0.3) is 0 Å². The molecule has 0 radical (unpaired) electrons. The second kappa shape index (κ2) is 3.29. The van der Waals surface area contributed by atoms with Crippen LogP contribution >= 0.6 is 0 Å². The fraction of sp³-hybridized carbons (Fsp3) is 0.333. The maximum Gasteiger partial charge on any atom is 0.184 e. The van der Waals surface area contributed by atoms with Crippen molar-refractivity contribution in [2.45, 2.75) is 6.29 Å². The molecule has 0 N–H and O–H groups in total. The maximum atomic E-state index is 5.37. The largest absolute Gasteiger partial charge is 0.346 e. The second-order valence-electron chi connectivity index (χ2n) is 2.99. The van der Waals surface area contributed by atoms with Crippen molar-refractivity contribution in [2.75, 3.05) is 13.2 Å². The summed E-state index contributed by atoms with van der Waals surface area (Å²) in [6, 6.07) is 8.22. The number of hydrogen-bond donors (Lipinski definition) is 0. The van der Waals surface area contributed by atoms with Crippen LogP contribution in [0.2, 0.25) is 0 Å². The Labute approximate surface area is 72.9 Å². The first-order valence-corrected chi connectivity index (χ1v) is 4.16. The first kappa shape index (κ1) is 7.83. The minimum atomic E-state index is -0.134. The number of ether oxygens (including phenoxy) is 2. The van der Waals surface area contributed by atoms with Gasteiger partial charge in [-0.1, -0.05) is 29.7 Å². The zero-order valence-corrected chi connectivity index (χ0v) is 7.12. The van der Waals surface area contributed by atoms with E-state index in [-0.39, 0.29) is 6.29 Å². The third-order valence-corrected chi connectivity index (χ3v) is 1.94. The molecule has 0 atom stereocenters. The molecule has 0 bridgehead atoms. The summed E-state index contributed by atoms with van der Waals surface area (Å²) < 4.78 is 10.7. The highest BCUT2D eigenvalue weighted by atomic mass is 16.7. The Morgan fingerprint density at radius 1 is 1.25 bits per heavy atom. The van der Waals surface area contributed by atoms with E-state index in [1.54, 1.807) is 0 Å². The second-order valence-corrected chi connectivity index (χ2v) is 2.99. The summed E-state index contributed by atoms with van der Waals surface area (Å²) in [5, 5.41) is 0. The fourth-order valence-corrected chi connectivity index (χ4v) is 1.37. The third-order valence-electron chi connectivity index (χ3n) is 1.94. The van der Waals surface area contributed by atoms with Crippen molar-refractivity contribution in [1.29, 1.82) is 0 Å². The van der Waals surface area contributed by atoms with Crippen LogP contribution < -0.4 is 5.46 Å². The number of rotatable bonds is 1. The van der Waals surface area contributed by atoms with Crippen molar-refractivity contribution in [2.24, 2.45) is 0 Å². The Balaban J connectivity index is 2.21. The van der Waals surface area contributed by atoms with Gasteiger partial charge in [0, 0.05) is 5.56 Å². The van der Waals surface area contributed by atoms with Gasteiger partial charge in [0.15, 0.2) is 6.29 Å². The van der Waals surface area contributed by atoms with Gasteiger partial charge in [-0.3, -0.25) is 0 Å². The fourth-order valence-electron chi connectivity index (χ4n) is 1.37. The predicted molar refractivity (Wildman–Crippen MR) is 49.3 cm³/mol. The molecular weight excluding hydrogens is 151 g/mol. The lowest BCUT2D eigenvalue weighted by Gasteiger charge is -2.09. The van der Waals surface area contributed by atoms with Crippen LogP contribution in [0.3, 0.4) is 0 Å². The van der Waals surface area contributed by atoms with E-state index in [2.05, 4.69) is 20.0 Å². The van der Waals surface area contributed by atoms with Gasteiger partial charge >= 0.3 is 0 Å². The van der Waals surface area contributed by atoms with Crippen molar-refractivity contribution in [3.05, 3.63) is 29.8 Å². The van der Waals surface area contributed by atoms with Crippen LogP contribution in [0, 0.1) is 0 Å². The molecule has 1 saturated heterocycles. The molecule has 0 aliphatic carbocycles. The van der Waals surface area contributed by atoms with Crippen molar-refractivity contribution in [3.8, 4) is 0 Å². The highest BCUT2D eigenvalue weighted by Gasteiger charge is 2.17. The summed E-state index contributed by atoms with van der Waals surface area (Å²) in [7, 11) is 2.07. The van der Waals surface area contributed by atoms with Gasteiger partial charge in [-0.2, -0.15) is 0 Å². The molecule has 1 aromatic rings. The van der Waals surface area contributed by atoms with Crippen LogP contribution in [0.4, 0.5) is 0 Å². The summed E-state index contributed by atoms with van der Waals surface area (Å²) >= 11 is 0. The van der Waals surface area contributed by atoms with Crippen LogP contribution in [-0.2, 0) is 9.47 Å². The van der Waals surface area contributed by atoms with Gasteiger partial charge in [-0.05, 0) is 0 Å². The van der Waals surface area contributed by atoms with E-state index in [0.29, 0.717) is 13.2 Å². The minimum absolute atomic E-state index is 0.134. The standard InChI is InChI=1S/C9H11BO2/c10-8-3-1-2-7(6-8)9-11-4-5-12-9/h1-3,6,9H,4-5,10H2. The van der Waals surface area contributed by atoms with E-state index in [4.69, 9.17) is 9.47 Å². The van der Waals surface area contributed by atoms with E-state index in [9.17, 15) is 0 Å². The van der Waals surface area contributed by atoms with E-state index in [0.717, 1.165) is 5.56 Å². The third kappa shape index (κ3) is 1.52. The van der Waals surface area contributed by atoms with Crippen LogP contribution in [-0.4, -0.2) is 21.1 Å². The summed E-state index contributed by atoms with van der Waals surface area (Å²) in [5.74, 6) is 0. The van der Waals surface area contributed by atoms with E-state index in [1.807, 2.05) is 12.1 Å². The Morgan fingerprint density at radius 2 is 2.00 bits per heavy atom. The number of hydrogen-bond acceptors (Lipinski definition) is 2. The topological polar surface area (TPSA) is 18.5 Å². The molecule has 1 aliphatic heterocycles. The van der Waals surface area contributed by atoms with E-state index in [1.165, 1.54) is 5.46 Å². The summed E-state index contributed by atoms with van der Waals surface area (Å²) in [5.41, 5.74) is 2.36. The van der Waals surface area contributed by atoms with Gasteiger partial charge < -0.3 is 9.47 Å². The van der Waals surface area contributed by atoms with Crippen molar-refractivity contribution in [1.82, 2.24) is 0 Å². The molecule has 1 aromatic carbocycles. The average molecular weight is 162 g/mol. The molecule has 12 heavy (non-hydrogen) atoms. The molecular formula is C9H11BO2. The molecule has 0 unspecified atom stereocenters. The Kier molecular flexibility index (Phi) is 2.15. The number of benzene rings is 1. The van der Waals surface area contributed by atoms with Crippen LogP contribution in [0.1, 0.15) is 11.9 Å². The molecule has 1 heterocycles. The lowest BCUT2D eigenvalue weighted by molar-refractivity contribution is -0.0440. The van der Waals surface area contributed by atoms with E-state index >= 15 is 0 Å². The SMILES string of the molecule is Bc1cccc(C2OCCO2)c1. The zero-order valence-electron chi connectivity index (χ0n) is 7.12. The average Bonchev–Trinajstić information content (AvgIpc) is 2.56. The highest BCUT2D eigenvalue weighted by molar-refractivity contribution is 6.32. The van der Waals surface area contributed by atoms with Gasteiger partial charge in [-0.15, -0.1) is 0 Å². The molecule has 0 amide bonds. The molecule has 0 saturated carbocycles. The van der Waals surface area contributed by atoms with Crippen molar-refractivity contribution < 1.29 is 9.47 Å².